The molecule has 0 aliphatic heterocycles. The highest BCUT2D eigenvalue weighted by Gasteiger charge is 2.16. The Balaban J connectivity index is 1.75. The van der Waals surface area contributed by atoms with Crippen molar-refractivity contribution in [3.63, 3.8) is 0 Å². The number of pyridine rings is 2. The first-order chi connectivity index (χ1) is 14.6. The number of aromatic nitrogens is 2. The van der Waals surface area contributed by atoms with E-state index in [0.717, 1.165) is 11.1 Å². The second-order valence-electron chi connectivity index (χ2n) is 6.53. The number of hydrogen-bond acceptors (Lipinski definition) is 4. The van der Waals surface area contributed by atoms with Crippen LogP contribution in [0.1, 0.15) is 16.1 Å². The van der Waals surface area contributed by atoms with Crippen LogP contribution >= 0.6 is 11.6 Å². The molecule has 0 radical (unpaired) electrons. The largest absolute Gasteiger partial charge is 0.487 e. The first kappa shape index (κ1) is 19.6. The molecule has 0 bridgehead atoms. The van der Waals surface area contributed by atoms with Gasteiger partial charge in [0, 0.05) is 17.3 Å². The highest BCUT2D eigenvalue weighted by atomic mass is 35.5. The van der Waals surface area contributed by atoms with Crippen LogP contribution in [0.25, 0.3) is 22.5 Å². The van der Waals surface area contributed by atoms with Gasteiger partial charge in [0.25, 0.3) is 0 Å². The molecule has 0 amide bonds. The van der Waals surface area contributed by atoms with Gasteiger partial charge in [0.1, 0.15) is 18.1 Å². The van der Waals surface area contributed by atoms with Crippen molar-refractivity contribution in [3.8, 4) is 28.3 Å². The Bertz CT molecular complexity index is 1180. The van der Waals surface area contributed by atoms with E-state index >= 15 is 0 Å². The first-order valence-electron chi connectivity index (χ1n) is 9.24. The lowest BCUT2D eigenvalue weighted by Gasteiger charge is -2.13. The first-order valence-corrected chi connectivity index (χ1v) is 9.62. The molecule has 4 rings (SSSR count). The number of aromatic carboxylic acids is 1. The summed E-state index contributed by atoms with van der Waals surface area (Å²) in [6.07, 6.45) is 1.68. The van der Waals surface area contributed by atoms with Crippen LogP contribution in [-0.2, 0) is 6.61 Å². The number of rotatable bonds is 6. The smallest absolute Gasteiger partial charge is 0.354 e. The minimum Gasteiger partial charge on any atom is -0.487 e. The highest BCUT2D eigenvalue weighted by molar-refractivity contribution is 6.32. The molecule has 2 aromatic carbocycles. The maximum Gasteiger partial charge on any atom is 0.354 e. The van der Waals surface area contributed by atoms with Crippen molar-refractivity contribution >= 4 is 17.6 Å². The summed E-state index contributed by atoms with van der Waals surface area (Å²) in [7, 11) is 0. The Kier molecular flexibility index (Phi) is 5.72. The van der Waals surface area contributed by atoms with Crippen LogP contribution in [0.5, 0.6) is 5.75 Å². The van der Waals surface area contributed by atoms with E-state index in [2.05, 4.69) is 9.97 Å². The Morgan fingerprint density at radius 1 is 0.967 bits per heavy atom. The van der Waals surface area contributed by atoms with Gasteiger partial charge >= 0.3 is 5.97 Å². The van der Waals surface area contributed by atoms with Crippen LogP contribution in [0, 0.1) is 0 Å². The number of carboxylic acid groups (broad SMARTS) is 1. The summed E-state index contributed by atoms with van der Waals surface area (Å²) < 4.78 is 5.92. The normalized spacial score (nSPS) is 10.6. The van der Waals surface area contributed by atoms with Gasteiger partial charge in [0.05, 0.1) is 16.4 Å². The van der Waals surface area contributed by atoms with E-state index in [1.807, 2.05) is 48.5 Å². The van der Waals surface area contributed by atoms with Gasteiger partial charge in [-0.05, 0) is 42.0 Å². The fourth-order valence-electron chi connectivity index (χ4n) is 3.02. The minimum absolute atomic E-state index is 0.0496. The maximum atomic E-state index is 11.5. The number of hydrogen-bond donors (Lipinski definition) is 1. The Morgan fingerprint density at radius 2 is 1.77 bits per heavy atom. The summed E-state index contributed by atoms with van der Waals surface area (Å²) in [6.45, 7) is 0.361. The zero-order chi connectivity index (χ0) is 20.9. The highest BCUT2D eigenvalue weighted by Crippen LogP contribution is 2.35. The summed E-state index contributed by atoms with van der Waals surface area (Å²) >= 11 is 6.34. The van der Waals surface area contributed by atoms with Gasteiger partial charge in [-0.25, -0.2) is 9.78 Å². The molecule has 0 saturated heterocycles. The second kappa shape index (κ2) is 8.76. The molecule has 6 heteroatoms. The molecule has 148 valence electrons. The van der Waals surface area contributed by atoms with Crippen LogP contribution in [-0.4, -0.2) is 21.0 Å². The van der Waals surface area contributed by atoms with Gasteiger partial charge in [0.2, 0.25) is 0 Å². The third kappa shape index (κ3) is 4.31. The molecule has 0 atom stereocenters. The van der Waals surface area contributed by atoms with Crippen molar-refractivity contribution < 1.29 is 14.6 Å². The molecular weight excluding hydrogens is 400 g/mol. The number of halogens is 1. The molecule has 0 unspecified atom stereocenters. The Morgan fingerprint density at radius 3 is 2.50 bits per heavy atom. The predicted octanol–water partition coefficient (Wildman–Crippen LogP) is 5.74. The molecule has 0 fully saturated rings. The van der Waals surface area contributed by atoms with E-state index in [4.69, 9.17) is 16.3 Å². The number of nitrogens with zero attached hydrogens (tertiary/aromatic N) is 2. The molecular formula is C24H17ClN2O3. The number of benzene rings is 2. The summed E-state index contributed by atoms with van der Waals surface area (Å²) in [6, 6.07) is 23.8. The van der Waals surface area contributed by atoms with Gasteiger partial charge in [-0.2, -0.15) is 0 Å². The minimum atomic E-state index is -1.10. The molecule has 30 heavy (non-hydrogen) atoms. The maximum absolute atomic E-state index is 11.5. The molecule has 2 heterocycles. The SMILES string of the molecule is O=C(O)c1ccc(-c2ccccn2)c(-c2ccc(Cl)c(OCc3ccccc3)c2)n1. The third-order valence-corrected chi connectivity index (χ3v) is 4.81. The fraction of sp³-hybridized carbons (Fsp3) is 0.0417. The van der Waals surface area contributed by atoms with Crippen LogP contribution in [0.2, 0.25) is 5.02 Å². The van der Waals surface area contributed by atoms with Gasteiger partial charge in [0.15, 0.2) is 0 Å². The topological polar surface area (TPSA) is 72.3 Å². The van der Waals surface area contributed by atoms with Crippen LogP contribution < -0.4 is 4.74 Å². The predicted molar refractivity (Wildman–Crippen MR) is 116 cm³/mol. The summed E-state index contributed by atoms with van der Waals surface area (Å²) in [4.78, 5) is 20.2. The number of ether oxygens (including phenoxy) is 1. The average molecular weight is 417 g/mol. The average Bonchev–Trinajstić information content (AvgIpc) is 2.79. The van der Waals surface area contributed by atoms with Crippen molar-refractivity contribution in [2.45, 2.75) is 6.61 Å². The summed E-state index contributed by atoms with van der Waals surface area (Å²) in [5, 5.41) is 9.86. The second-order valence-corrected chi connectivity index (χ2v) is 6.94. The molecule has 0 spiro atoms. The van der Waals surface area contributed by atoms with E-state index in [1.54, 1.807) is 30.5 Å². The van der Waals surface area contributed by atoms with Crippen molar-refractivity contribution in [1.29, 1.82) is 0 Å². The van der Waals surface area contributed by atoms with E-state index in [-0.39, 0.29) is 5.69 Å². The third-order valence-electron chi connectivity index (χ3n) is 4.50. The molecule has 0 aliphatic carbocycles. The summed E-state index contributed by atoms with van der Waals surface area (Å²) in [5.41, 5.74) is 3.56. The zero-order valence-corrected chi connectivity index (χ0v) is 16.6. The lowest BCUT2D eigenvalue weighted by Crippen LogP contribution is -2.03. The van der Waals surface area contributed by atoms with E-state index < -0.39 is 5.97 Å². The van der Waals surface area contributed by atoms with E-state index in [1.165, 1.54) is 6.07 Å². The monoisotopic (exact) mass is 416 g/mol. The van der Waals surface area contributed by atoms with Gasteiger partial charge in [-0.3, -0.25) is 4.98 Å². The lowest BCUT2D eigenvalue weighted by molar-refractivity contribution is 0.0690. The Hall–Kier alpha value is -3.70. The van der Waals surface area contributed by atoms with Crippen molar-refractivity contribution in [2.24, 2.45) is 0 Å². The van der Waals surface area contributed by atoms with Crippen molar-refractivity contribution in [3.05, 3.63) is 101 Å². The molecule has 0 aliphatic rings. The van der Waals surface area contributed by atoms with Gasteiger partial charge < -0.3 is 9.84 Å². The van der Waals surface area contributed by atoms with Crippen LogP contribution in [0.4, 0.5) is 0 Å². The summed E-state index contributed by atoms with van der Waals surface area (Å²) in [5.74, 6) is -0.606. The standard InChI is InChI=1S/C24H17ClN2O3/c25-19-11-9-17(14-22(19)30-15-16-6-2-1-3-7-16)23-18(20-8-4-5-13-26-20)10-12-21(27-23)24(28)29/h1-14H,15H2,(H,28,29). The quantitative estimate of drug-likeness (QED) is 0.433. The Labute approximate surface area is 178 Å². The molecule has 4 aromatic rings. The van der Waals surface area contributed by atoms with Crippen LogP contribution in [0.15, 0.2) is 85.1 Å². The van der Waals surface area contributed by atoms with E-state index in [0.29, 0.717) is 34.3 Å². The number of carbonyl (C=O) groups is 1. The fourth-order valence-corrected chi connectivity index (χ4v) is 3.20. The van der Waals surface area contributed by atoms with Crippen molar-refractivity contribution in [1.82, 2.24) is 9.97 Å². The molecule has 5 nitrogen and oxygen atoms in total. The van der Waals surface area contributed by atoms with Crippen molar-refractivity contribution in [2.75, 3.05) is 0 Å². The lowest BCUT2D eigenvalue weighted by atomic mass is 10.0. The molecule has 0 saturated carbocycles. The van der Waals surface area contributed by atoms with E-state index in [9.17, 15) is 9.90 Å². The van der Waals surface area contributed by atoms with Gasteiger partial charge in [-0.15, -0.1) is 0 Å². The van der Waals surface area contributed by atoms with Gasteiger partial charge in [-0.1, -0.05) is 54.1 Å². The number of carboxylic acids is 1. The molecule has 1 N–H and O–H groups in total. The van der Waals surface area contributed by atoms with Crippen LogP contribution in [0.3, 0.4) is 0 Å². The zero-order valence-electron chi connectivity index (χ0n) is 15.8. The molecule has 2 aromatic heterocycles.